The van der Waals surface area contributed by atoms with E-state index in [1.165, 1.54) is 18.4 Å². The molecular weight excluding hydrogens is 328 g/mol. The van der Waals surface area contributed by atoms with Crippen molar-refractivity contribution in [2.24, 2.45) is 0 Å². The lowest BCUT2D eigenvalue weighted by atomic mass is 10.0. The van der Waals surface area contributed by atoms with E-state index in [2.05, 4.69) is 45.0 Å². The van der Waals surface area contributed by atoms with Gasteiger partial charge >= 0.3 is 0 Å². The molecule has 0 spiro atoms. The fraction of sp³-hybridized carbons (Fsp3) is 0.500. The predicted octanol–water partition coefficient (Wildman–Crippen LogP) is 2.66. The zero-order valence-electron chi connectivity index (χ0n) is 15.5. The number of hydrogen-bond donors (Lipinski definition) is 0. The van der Waals surface area contributed by atoms with Crippen LogP contribution in [0.5, 0.6) is 11.5 Å². The minimum atomic E-state index is 0.468. The molecule has 1 saturated heterocycles. The van der Waals surface area contributed by atoms with Crippen LogP contribution in [-0.4, -0.2) is 54.3 Å². The predicted molar refractivity (Wildman–Crippen MR) is 101 cm³/mol. The number of fused-ring (bicyclic) bond motifs is 1. The molecule has 0 aliphatic carbocycles. The number of likely N-dealkylation sites (tertiary alicyclic amines) is 1. The summed E-state index contributed by atoms with van der Waals surface area (Å²) in [5, 5.41) is 0. The molecule has 6 nitrogen and oxygen atoms in total. The van der Waals surface area contributed by atoms with Crippen LogP contribution < -0.4 is 14.4 Å². The van der Waals surface area contributed by atoms with Gasteiger partial charge in [0.1, 0.15) is 25.4 Å². The first-order valence-electron chi connectivity index (χ1n) is 9.31. The summed E-state index contributed by atoms with van der Waals surface area (Å²) >= 11 is 0. The third kappa shape index (κ3) is 3.75. The molecule has 26 heavy (non-hydrogen) atoms. The summed E-state index contributed by atoms with van der Waals surface area (Å²) in [7, 11) is 2.14. The van der Waals surface area contributed by atoms with Crippen LogP contribution in [0.25, 0.3) is 0 Å². The molecule has 3 heterocycles. The summed E-state index contributed by atoms with van der Waals surface area (Å²) in [5.74, 6) is 2.73. The molecule has 6 heteroatoms. The molecule has 0 bridgehead atoms. The molecule has 1 fully saturated rings. The number of nitrogens with zero attached hydrogens (tertiary/aromatic N) is 4. The number of benzene rings is 1. The van der Waals surface area contributed by atoms with Crippen LogP contribution in [0.3, 0.4) is 0 Å². The van der Waals surface area contributed by atoms with Crippen molar-refractivity contribution in [3.05, 3.63) is 41.9 Å². The molecule has 2 aromatic rings. The van der Waals surface area contributed by atoms with E-state index in [4.69, 9.17) is 9.47 Å². The maximum atomic E-state index is 5.72. The number of aromatic nitrogens is 2. The highest BCUT2D eigenvalue weighted by molar-refractivity contribution is 5.44. The SMILES string of the molecule is Cc1cc(N(C)C2CCCN(Cc3ccc4c(c3)OCCO4)C2)ncn1. The van der Waals surface area contributed by atoms with Gasteiger partial charge in [-0.25, -0.2) is 9.97 Å². The fourth-order valence-electron chi connectivity index (χ4n) is 3.76. The fourth-order valence-corrected chi connectivity index (χ4v) is 3.76. The minimum Gasteiger partial charge on any atom is -0.486 e. The van der Waals surface area contributed by atoms with Crippen molar-refractivity contribution in [2.45, 2.75) is 32.4 Å². The lowest BCUT2D eigenvalue weighted by Gasteiger charge is -2.38. The molecular formula is C20H26N4O2. The average molecular weight is 354 g/mol. The molecule has 1 aromatic heterocycles. The highest BCUT2D eigenvalue weighted by Gasteiger charge is 2.24. The molecule has 0 radical (unpaired) electrons. The standard InChI is InChI=1S/C20H26N4O2/c1-15-10-20(22-14-21-15)23(2)17-4-3-7-24(13-17)12-16-5-6-18-19(11-16)26-9-8-25-18/h5-6,10-11,14,17H,3-4,7-9,12-13H2,1-2H3. The summed E-state index contributed by atoms with van der Waals surface area (Å²) < 4.78 is 11.3. The quantitative estimate of drug-likeness (QED) is 0.841. The number of rotatable bonds is 4. The Morgan fingerprint density at radius 3 is 2.85 bits per heavy atom. The van der Waals surface area contributed by atoms with E-state index in [1.54, 1.807) is 6.33 Å². The largest absolute Gasteiger partial charge is 0.486 e. The smallest absolute Gasteiger partial charge is 0.161 e. The van der Waals surface area contributed by atoms with Crippen molar-refractivity contribution in [3.63, 3.8) is 0 Å². The van der Waals surface area contributed by atoms with Gasteiger partial charge in [0.25, 0.3) is 0 Å². The Bertz CT molecular complexity index is 767. The number of anilines is 1. The van der Waals surface area contributed by atoms with Gasteiger partial charge in [0.05, 0.1) is 0 Å². The van der Waals surface area contributed by atoms with Crippen molar-refractivity contribution >= 4 is 5.82 Å². The summed E-state index contributed by atoms with van der Waals surface area (Å²) in [6, 6.07) is 8.82. The van der Waals surface area contributed by atoms with Crippen LogP contribution in [0.2, 0.25) is 0 Å². The maximum Gasteiger partial charge on any atom is 0.161 e. The van der Waals surface area contributed by atoms with E-state index in [0.717, 1.165) is 42.6 Å². The summed E-state index contributed by atoms with van der Waals surface area (Å²) in [6.45, 7) is 6.37. The van der Waals surface area contributed by atoms with Gasteiger partial charge in [0.2, 0.25) is 0 Å². The molecule has 1 aromatic carbocycles. The summed E-state index contributed by atoms with van der Waals surface area (Å²) in [4.78, 5) is 13.5. The molecule has 0 saturated carbocycles. The molecule has 1 unspecified atom stereocenters. The lowest BCUT2D eigenvalue weighted by Crippen LogP contribution is -2.46. The number of likely N-dealkylation sites (N-methyl/N-ethyl adjacent to an activating group) is 1. The highest BCUT2D eigenvalue weighted by Crippen LogP contribution is 2.31. The molecule has 0 N–H and O–H groups in total. The van der Waals surface area contributed by atoms with Crippen LogP contribution in [0.15, 0.2) is 30.6 Å². The van der Waals surface area contributed by atoms with E-state index in [-0.39, 0.29) is 0 Å². The van der Waals surface area contributed by atoms with Gasteiger partial charge in [0.15, 0.2) is 11.5 Å². The number of ether oxygens (including phenoxy) is 2. The first-order valence-corrected chi connectivity index (χ1v) is 9.31. The van der Waals surface area contributed by atoms with Gasteiger partial charge in [-0.15, -0.1) is 0 Å². The monoisotopic (exact) mass is 354 g/mol. The number of hydrogen-bond acceptors (Lipinski definition) is 6. The van der Waals surface area contributed by atoms with Crippen LogP contribution in [0.1, 0.15) is 24.1 Å². The second-order valence-corrected chi connectivity index (χ2v) is 7.14. The van der Waals surface area contributed by atoms with Crippen molar-refractivity contribution in [3.8, 4) is 11.5 Å². The Balaban J connectivity index is 1.42. The molecule has 1 atom stereocenters. The molecule has 0 amide bonds. The van der Waals surface area contributed by atoms with E-state index >= 15 is 0 Å². The topological polar surface area (TPSA) is 50.7 Å². The Hall–Kier alpha value is -2.34. The Morgan fingerprint density at radius 1 is 1.15 bits per heavy atom. The van der Waals surface area contributed by atoms with Crippen LogP contribution in [0.4, 0.5) is 5.82 Å². The molecule has 4 rings (SSSR count). The third-order valence-corrected chi connectivity index (χ3v) is 5.19. The third-order valence-electron chi connectivity index (χ3n) is 5.19. The summed E-state index contributed by atoms with van der Waals surface area (Å²) in [6.07, 6.45) is 4.04. The van der Waals surface area contributed by atoms with Crippen LogP contribution >= 0.6 is 0 Å². The zero-order chi connectivity index (χ0) is 17.9. The number of aryl methyl sites for hydroxylation is 1. The Kier molecular flexibility index (Phi) is 4.93. The van der Waals surface area contributed by atoms with Gasteiger partial charge in [-0.05, 0) is 44.0 Å². The van der Waals surface area contributed by atoms with E-state index in [0.29, 0.717) is 19.3 Å². The van der Waals surface area contributed by atoms with Crippen molar-refractivity contribution < 1.29 is 9.47 Å². The Morgan fingerprint density at radius 2 is 2.00 bits per heavy atom. The van der Waals surface area contributed by atoms with Crippen LogP contribution in [-0.2, 0) is 6.54 Å². The van der Waals surface area contributed by atoms with Crippen molar-refractivity contribution in [1.82, 2.24) is 14.9 Å². The first-order chi connectivity index (χ1) is 12.7. The van der Waals surface area contributed by atoms with Gasteiger partial charge < -0.3 is 14.4 Å². The molecule has 2 aliphatic rings. The van der Waals surface area contributed by atoms with Crippen molar-refractivity contribution in [1.29, 1.82) is 0 Å². The number of piperidine rings is 1. The van der Waals surface area contributed by atoms with Gasteiger partial charge in [-0.3, -0.25) is 4.90 Å². The highest BCUT2D eigenvalue weighted by atomic mass is 16.6. The zero-order valence-corrected chi connectivity index (χ0v) is 15.5. The second-order valence-electron chi connectivity index (χ2n) is 7.14. The van der Waals surface area contributed by atoms with Gasteiger partial charge in [-0.2, -0.15) is 0 Å². The lowest BCUT2D eigenvalue weighted by molar-refractivity contribution is 0.170. The summed E-state index contributed by atoms with van der Waals surface area (Å²) in [5.41, 5.74) is 2.28. The van der Waals surface area contributed by atoms with E-state index in [1.807, 2.05) is 13.0 Å². The molecule has 2 aliphatic heterocycles. The van der Waals surface area contributed by atoms with Crippen molar-refractivity contribution in [2.75, 3.05) is 38.3 Å². The normalized spacial score (nSPS) is 20.0. The average Bonchev–Trinajstić information content (AvgIpc) is 2.67. The molecule has 138 valence electrons. The maximum absolute atomic E-state index is 5.72. The van der Waals surface area contributed by atoms with E-state index < -0.39 is 0 Å². The first kappa shape index (κ1) is 17.1. The second kappa shape index (κ2) is 7.50. The van der Waals surface area contributed by atoms with Gasteiger partial charge in [0, 0.05) is 37.9 Å². The Labute approximate surface area is 154 Å². The van der Waals surface area contributed by atoms with Gasteiger partial charge in [-0.1, -0.05) is 6.07 Å². The minimum absolute atomic E-state index is 0.468. The van der Waals surface area contributed by atoms with Crippen LogP contribution in [0, 0.1) is 6.92 Å². The van der Waals surface area contributed by atoms with E-state index in [9.17, 15) is 0 Å².